The van der Waals surface area contributed by atoms with E-state index in [1.807, 2.05) is 67.6 Å². The number of hydrogen-bond donors (Lipinski definition) is 1. The molecule has 0 unspecified atom stereocenters. The summed E-state index contributed by atoms with van der Waals surface area (Å²) in [6, 6.07) is 23.7. The van der Waals surface area contributed by atoms with E-state index in [9.17, 15) is 24.3 Å². The molecule has 16 nitrogen and oxygen atoms in total. The molecule has 0 saturated heterocycles. The number of methoxy groups -OCH3 is 1. The van der Waals surface area contributed by atoms with Crippen molar-refractivity contribution in [2.45, 2.75) is 284 Å². The number of cyclic esters (lactones) is 2. The van der Waals surface area contributed by atoms with Gasteiger partial charge in [-0.25, -0.2) is 19.6 Å². The van der Waals surface area contributed by atoms with Gasteiger partial charge < -0.3 is 47.4 Å². The average Bonchev–Trinajstić information content (AvgIpc) is 1.53. The van der Waals surface area contributed by atoms with Crippen LogP contribution < -0.4 is 11.1 Å². The summed E-state index contributed by atoms with van der Waals surface area (Å²) in [6.45, 7) is 38.9. The van der Waals surface area contributed by atoms with Gasteiger partial charge in [-0.1, -0.05) is 202 Å². The van der Waals surface area contributed by atoms with Gasteiger partial charge in [0, 0.05) is 40.1 Å². The molecule has 2 atom stereocenters. The van der Waals surface area contributed by atoms with Crippen LogP contribution in [0.15, 0.2) is 222 Å². The number of carbonyl (C=O) groups is 2. The van der Waals surface area contributed by atoms with Crippen molar-refractivity contribution in [1.29, 1.82) is 0 Å². The van der Waals surface area contributed by atoms with Crippen molar-refractivity contribution < 1.29 is 47.9 Å². The maximum atomic E-state index is 13.7. The standard InChI is InChI=1S/C41H50N2O5.C22H38O2.C21H35ClO.C20H16N2O4.HI/c1-7-41(48-27-46-22-21-31(6)18-12-17-30(5)16-11-15-29(4)14-10-13-28(2)3)35-24-37-38-33(23-32-19-8-9-20-36(32)42-38)25-43(37)39(44)34(35)26-47-40(41)45;1-19(2)10-7-11-20(3)12-8-13-21(4)14-9-15-22(5)16-17-24-18-23-6;1-18(2)9-6-10-19(3)11-7-12-20(4)13-8-14-21(5)15-16-23-17-22;1-2-20(25)14-8-16-17-12(7-11-5-3-4-6-15(11)21-17)9-22(16)18(23)13(14)10-26-19(20)24;/h8-9,13,15,17,19-21,23-24H,7,10-12,14,16,18,22,25-27H2,1-6H3;10,12,14,16H,7-9,11,13,15,17-18H2,1-6H3;9,11,13,15H,6-8,10,12,14,16-17H2,1-5H3;3-8,25H,2,9-10H2,1H3;1H/b29-15+,30-17+,31-21+;20-12+,21-14+,22-16+;19-11+,20-13+,21-15+;;/t41-;;;20-;/m0..0./s1. The van der Waals surface area contributed by atoms with Crippen molar-refractivity contribution in [2.75, 3.05) is 46.6 Å². The zero-order valence-electron chi connectivity index (χ0n) is 76.6. The number of ether oxygens (including phenoxy) is 7. The van der Waals surface area contributed by atoms with Crippen molar-refractivity contribution in [2.24, 2.45) is 0 Å². The van der Waals surface area contributed by atoms with Crippen LogP contribution in [0.2, 0.25) is 0 Å². The molecule has 0 saturated carbocycles. The van der Waals surface area contributed by atoms with Crippen molar-refractivity contribution in [3.8, 4) is 22.8 Å². The second kappa shape index (κ2) is 53.2. The SMILES string of the molecule is CC(C)=CCC/C(C)=C/CC/C(C)=C/CC/C(C)=C/COCCl.CC[C@@]1(O)C(=O)OCc2c1cc1n(c2=O)Cc2cc3ccccc3nc2-1.CC[C@@]1(OCOC/C=C(\C)CC/C=C(\C)CC/C=C(\C)CCC=C(C)C)C(=O)OCc2c1cc1n(c2=O)Cc2cc3ccccc3nc2-1.COCOC/C=C(\C)CC/C=C(\C)CC/C=C(\C)CCC=C(C)C.I. The van der Waals surface area contributed by atoms with Crippen molar-refractivity contribution in [1.82, 2.24) is 19.1 Å². The van der Waals surface area contributed by atoms with Gasteiger partial charge in [0.15, 0.2) is 11.2 Å². The highest BCUT2D eigenvalue weighted by Crippen LogP contribution is 2.42. The van der Waals surface area contributed by atoms with Crippen molar-refractivity contribution in [3.63, 3.8) is 0 Å². The van der Waals surface area contributed by atoms with Gasteiger partial charge in [0.25, 0.3) is 11.1 Å². The van der Waals surface area contributed by atoms with Crippen LogP contribution in [0.25, 0.3) is 44.6 Å². The van der Waals surface area contributed by atoms with Crippen LogP contribution in [0.1, 0.15) is 280 Å². The summed E-state index contributed by atoms with van der Waals surface area (Å²) in [5.41, 5.74) is 21.6. The smallest absolute Gasteiger partial charge is 0.343 e. The molecule has 662 valence electrons. The van der Waals surface area contributed by atoms with Gasteiger partial charge in [-0.2, -0.15) is 0 Å². The number of nitrogens with zero attached hydrogens (tertiary/aromatic N) is 4. The van der Waals surface area contributed by atoms with E-state index in [0.717, 1.165) is 128 Å². The Bertz CT molecular complexity index is 5000. The van der Waals surface area contributed by atoms with Crippen LogP contribution in [-0.4, -0.2) is 82.7 Å². The number of allylic oxidation sites excluding steroid dienone is 21. The van der Waals surface area contributed by atoms with Gasteiger partial charge in [0.1, 0.15) is 32.9 Å². The van der Waals surface area contributed by atoms with Crippen LogP contribution in [0.3, 0.4) is 0 Å². The molecule has 0 radical (unpaired) electrons. The molecular weight excluding hydrogens is 1660 g/mol. The Morgan fingerprint density at radius 3 is 1.11 bits per heavy atom. The lowest BCUT2D eigenvalue weighted by atomic mass is 9.85. The van der Waals surface area contributed by atoms with Gasteiger partial charge in [-0.3, -0.25) is 9.59 Å². The van der Waals surface area contributed by atoms with Gasteiger partial charge in [-0.15, -0.1) is 24.0 Å². The highest BCUT2D eigenvalue weighted by atomic mass is 127. The Balaban J connectivity index is 0.000000267. The second-order valence-electron chi connectivity index (χ2n) is 33.6. The van der Waals surface area contributed by atoms with E-state index in [4.69, 9.17) is 54.7 Å². The third-order valence-electron chi connectivity index (χ3n) is 22.6. The maximum absolute atomic E-state index is 13.7. The molecule has 4 aliphatic rings. The molecule has 4 aliphatic heterocycles. The third kappa shape index (κ3) is 31.8. The number of esters is 2. The predicted molar refractivity (Wildman–Crippen MR) is 514 cm³/mol. The highest BCUT2D eigenvalue weighted by molar-refractivity contribution is 14.0. The summed E-state index contributed by atoms with van der Waals surface area (Å²) in [5.74, 6) is -1.21. The molecule has 122 heavy (non-hydrogen) atoms. The lowest BCUT2D eigenvalue weighted by Gasteiger charge is -2.36. The Morgan fingerprint density at radius 1 is 0.434 bits per heavy atom. The molecule has 1 N–H and O–H groups in total. The first kappa shape index (κ1) is 103. The Kier molecular flexibility index (Phi) is 44.7. The molecule has 18 heteroatoms. The molecule has 0 amide bonds. The minimum atomic E-state index is -1.79. The van der Waals surface area contributed by atoms with Crippen LogP contribution in [0, 0.1) is 0 Å². The molecule has 0 bridgehead atoms. The topological polar surface area (TPSA) is 189 Å². The Morgan fingerprint density at radius 2 is 0.762 bits per heavy atom. The Labute approximate surface area is 750 Å². The predicted octanol–water partition coefficient (Wildman–Crippen LogP) is 26.0. The number of halogens is 2. The van der Waals surface area contributed by atoms with Gasteiger partial charge in [-0.05, 0) is 269 Å². The maximum Gasteiger partial charge on any atom is 0.343 e. The number of rotatable bonds is 41. The number of pyridine rings is 4. The first-order valence-corrected chi connectivity index (χ1v) is 44.2. The van der Waals surface area contributed by atoms with Crippen LogP contribution in [0.4, 0.5) is 0 Å². The summed E-state index contributed by atoms with van der Waals surface area (Å²) >= 11 is 5.47. The summed E-state index contributed by atoms with van der Waals surface area (Å²) in [6.07, 6.45) is 48.1. The van der Waals surface area contributed by atoms with E-state index in [2.05, 4.69) is 183 Å². The summed E-state index contributed by atoms with van der Waals surface area (Å²) in [4.78, 5) is 61.8. The minimum absolute atomic E-state index is 0. The molecule has 10 rings (SSSR count). The fourth-order valence-electron chi connectivity index (χ4n) is 15.0. The number of carbonyl (C=O) groups excluding carboxylic acids is 2. The fourth-order valence-corrected chi connectivity index (χ4v) is 15.1. The zero-order valence-corrected chi connectivity index (χ0v) is 79.7. The number of hydrogen-bond acceptors (Lipinski definition) is 14. The quantitative estimate of drug-likeness (QED) is 0.00951. The fraction of sp³-hybridized carbons (Fsp3) is 0.481. The molecule has 0 spiro atoms. The molecule has 0 aliphatic carbocycles. The third-order valence-corrected chi connectivity index (χ3v) is 22.7. The molecule has 8 heterocycles. The molecule has 2 aromatic carbocycles. The van der Waals surface area contributed by atoms with Crippen molar-refractivity contribution >= 4 is 69.3 Å². The van der Waals surface area contributed by atoms with Gasteiger partial charge in [0.2, 0.25) is 0 Å². The van der Waals surface area contributed by atoms with Crippen LogP contribution in [0.5, 0.6) is 0 Å². The van der Waals surface area contributed by atoms with E-state index >= 15 is 0 Å². The monoisotopic (exact) mass is 1800 g/mol. The summed E-state index contributed by atoms with van der Waals surface area (Å²) in [5, 5.41) is 12.9. The van der Waals surface area contributed by atoms with E-state index < -0.39 is 23.1 Å². The first-order chi connectivity index (χ1) is 58.1. The number of benzene rings is 2. The van der Waals surface area contributed by atoms with E-state index in [1.54, 1.807) is 29.2 Å². The second-order valence-corrected chi connectivity index (χ2v) is 33.8. The molecule has 0 fully saturated rings. The van der Waals surface area contributed by atoms with Gasteiger partial charge in [0.05, 0.1) is 77.8 Å². The summed E-state index contributed by atoms with van der Waals surface area (Å²) < 4.78 is 41.3. The van der Waals surface area contributed by atoms with E-state index in [-0.39, 0.29) is 67.6 Å². The highest BCUT2D eigenvalue weighted by Gasteiger charge is 2.49. The number of para-hydroxylation sites is 2. The average molecular weight is 1800 g/mol. The van der Waals surface area contributed by atoms with Crippen LogP contribution in [-0.2, 0) is 80.3 Å². The zero-order chi connectivity index (χ0) is 88.0. The lowest BCUT2D eigenvalue weighted by Crippen LogP contribution is -2.46. The molecular formula is C104H140ClIN4O12. The van der Waals surface area contributed by atoms with E-state index in [1.165, 1.54) is 99.0 Å². The largest absolute Gasteiger partial charge is 0.458 e. The number of aliphatic hydroxyl groups is 1. The summed E-state index contributed by atoms with van der Waals surface area (Å²) in [7, 11) is 1.64. The van der Waals surface area contributed by atoms with Crippen LogP contribution >= 0.6 is 35.6 Å². The Hall–Kier alpha value is -8.24. The minimum Gasteiger partial charge on any atom is -0.458 e. The normalized spacial score (nSPS) is 16.4. The first-order valence-electron chi connectivity index (χ1n) is 43.7. The molecule has 6 aromatic rings. The van der Waals surface area contributed by atoms with Gasteiger partial charge >= 0.3 is 11.9 Å². The van der Waals surface area contributed by atoms with E-state index in [0.29, 0.717) is 79.8 Å². The number of aromatic nitrogens is 4. The molecule has 4 aromatic heterocycles. The number of fused-ring (bicyclic) bond motifs is 10. The number of alkyl halides is 1. The van der Waals surface area contributed by atoms with Crippen molar-refractivity contribution in [3.05, 3.63) is 267 Å². The lowest BCUT2D eigenvalue weighted by molar-refractivity contribution is -0.198.